The lowest BCUT2D eigenvalue weighted by Gasteiger charge is -1.95. The predicted molar refractivity (Wildman–Crippen MR) is 58.8 cm³/mol. The van der Waals surface area contributed by atoms with E-state index in [0.29, 0.717) is 4.47 Å². The van der Waals surface area contributed by atoms with Gasteiger partial charge >= 0.3 is 5.97 Å². The van der Waals surface area contributed by atoms with Gasteiger partial charge in [-0.2, -0.15) is 0 Å². The van der Waals surface area contributed by atoms with Crippen LogP contribution in [0.4, 0.5) is 4.39 Å². The smallest absolute Gasteiger partial charge is 0.358 e. The van der Waals surface area contributed by atoms with Crippen molar-refractivity contribution in [3.8, 4) is 0 Å². The van der Waals surface area contributed by atoms with Gasteiger partial charge in [0, 0.05) is 16.9 Å². The standard InChI is InChI=1S/C10H8BrFN2O2/c1-2-16-10(15)8-5-14-4-6(11)3-7(12)9(14)13-8/h3-5H,2H2,1H3. The van der Waals surface area contributed by atoms with Crippen LogP contribution in [0.5, 0.6) is 0 Å². The number of ether oxygens (including phenoxy) is 1. The molecule has 0 aliphatic rings. The Kier molecular flexibility index (Phi) is 2.91. The highest BCUT2D eigenvalue weighted by Crippen LogP contribution is 2.16. The molecule has 6 heteroatoms. The molecule has 16 heavy (non-hydrogen) atoms. The summed E-state index contributed by atoms with van der Waals surface area (Å²) in [5.41, 5.74) is 0.199. The van der Waals surface area contributed by atoms with Gasteiger partial charge in [-0.1, -0.05) is 0 Å². The SMILES string of the molecule is CCOC(=O)c1cn2cc(Br)cc(F)c2n1. The Morgan fingerprint density at radius 1 is 1.62 bits per heavy atom. The Balaban J connectivity index is 2.51. The normalized spacial score (nSPS) is 10.7. The number of carbonyl (C=O) groups is 1. The van der Waals surface area contributed by atoms with Crippen LogP contribution in [0.2, 0.25) is 0 Å². The van der Waals surface area contributed by atoms with Crippen LogP contribution >= 0.6 is 15.9 Å². The van der Waals surface area contributed by atoms with Crippen molar-refractivity contribution in [3.05, 3.63) is 34.4 Å². The molecule has 0 unspecified atom stereocenters. The Hall–Kier alpha value is -1.43. The number of hydrogen-bond acceptors (Lipinski definition) is 3. The van der Waals surface area contributed by atoms with Gasteiger partial charge in [0.05, 0.1) is 6.61 Å². The van der Waals surface area contributed by atoms with Gasteiger partial charge < -0.3 is 9.14 Å². The number of carbonyl (C=O) groups excluding carboxylic acids is 1. The van der Waals surface area contributed by atoms with Crippen molar-refractivity contribution in [3.63, 3.8) is 0 Å². The zero-order chi connectivity index (χ0) is 11.7. The lowest BCUT2D eigenvalue weighted by Crippen LogP contribution is -2.04. The molecule has 2 aromatic heterocycles. The topological polar surface area (TPSA) is 43.6 Å². The van der Waals surface area contributed by atoms with E-state index in [2.05, 4.69) is 20.9 Å². The molecule has 0 saturated heterocycles. The molecule has 0 atom stereocenters. The fourth-order valence-electron chi connectivity index (χ4n) is 1.33. The van der Waals surface area contributed by atoms with Crippen LogP contribution in [0.3, 0.4) is 0 Å². The average molecular weight is 287 g/mol. The predicted octanol–water partition coefficient (Wildman–Crippen LogP) is 2.41. The third-order valence-corrected chi connectivity index (χ3v) is 2.39. The third kappa shape index (κ3) is 1.92. The summed E-state index contributed by atoms with van der Waals surface area (Å²) in [6, 6.07) is 1.29. The number of nitrogens with zero attached hydrogens (tertiary/aromatic N) is 2. The monoisotopic (exact) mass is 286 g/mol. The molecule has 0 aliphatic heterocycles. The second kappa shape index (κ2) is 4.21. The number of rotatable bonds is 2. The molecule has 4 nitrogen and oxygen atoms in total. The molecule has 0 amide bonds. The van der Waals surface area contributed by atoms with E-state index in [1.807, 2.05) is 0 Å². The van der Waals surface area contributed by atoms with Crippen molar-refractivity contribution in [2.45, 2.75) is 6.92 Å². The third-order valence-electron chi connectivity index (χ3n) is 1.96. The molecular formula is C10H8BrFN2O2. The molecule has 2 aromatic rings. The van der Waals surface area contributed by atoms with Crippen molar-refractivity contribution in [1.29, 1.82) is 0 Å². The largest absolute Gasteiger partial charge is 0.461 e. The highest BCUT2D eigenvalue weighted by molar-refractivity contribution is 9.10. The molecule has 0 aromatic carbocycles. The minimum atomic E-state index is -0.554. The van der Waals surface area contributed by atoms with E-state index in [4.69, 9.17) is 4.74 Å². The lowest BCUT2D eigenvalue weighted by atomic mass is 10.4. The Morgan fingerprint density at radius 3 is 3.06 bits per heavy atom. The number of pyridine rings is 1. The summed E-state index contributed by atoms with van der Waals surface area (Å²) < 4.78 is 20.2. The molecule has 0 saturated carbocycles. The Bertz CT molecular complexity index is 553. The highest BCUT2D eigenvalue weighted by Gasteiger charge is 2.14. The van der Waals surface area contributed by atoms with E-state index >= 15 is 0 Å². The second-order valence-electron chi connectivity index (χ2n) is 3.08. The molecule has 84 valence electrons. The summed E-state index contributed by atoms with van der Waals surface area (Å²) in [5.74, 6) is -1.05. The van der Waals surface area contributed by atoms with Crippen molar-refractivity contribution >= 4 is 27.5 Å². The first-order valence-corrected chi connectivity index (χ1v) is 5.42. The Morgan fingerprint density at radius 2 is 2.38 bits per heavy atom. The summed E-state index contributed by atoms with van der Waals surface area (Å²) in [7, 11) is 0. The summed E-state index contributed by atoms with van der Waals surface area (Å²) in [5, 5.41) is 0. The average Bonchev–Trinajstić information content (AvgIpc) is 2.62. The maximum atomic E-state index is 13.4. The van der Waals surface area contributed by atoms with Gasteiger partial charge in [-0.05, 0) is 28.9 Å². The zero-order valence-corrected chi connectivity index (χ0v) is 9.99. The number of fused-ring (bicyclic) bond motifs is 1. The van der Waals surface area contributed by atoms with Crippen LogP contribution in [-0.2, 0) is 4.74 Å². The number of hydrogen-bond donors (Lipinski definition) is 0. The van der Waals surface area contributed by atoms with Crippen LogP contribution < -0.4 is 0 Å². The quantitative estimate of drug-likeness (QED) is 0.797. The van der Waals surface area contributed by atoms with E-state index in [1.54, 1.807) is 13.1 Å². The van der Waals surface area contributed by atoms with Gasteiger partial charge in [-0.15, -0.1) is 0 Å². The molecule has 0 radical (unpaired) electrons. The number of esters is 1. The fourth-order valence-corrected chi connectivity index (χ4v) is 1.75. The van der Waals surface area contributed by atoms with Gasteiger partial charge in [0.15, 0.2) is 17.2 Å². The summed E-state index contributed by atoms with van der Waals surface area (Å²) in [6.45, 7) is 1.96. The number of imidazole rings is 1. The van der Waals surface area contributed by atoms with Crippen LogP contribution in [-0.4, -0.2) is 22.0 Å². The maximum absolute atomic E-state index is 13.4. The molecule has 2 rings (SSSR count). The fraction of sp³-hybridized carbons (Fsp3) is 0.200. The van der Waals surface area contributed by atoms with Crippen molar-refractivity contribution in [2.75, 3.05) is 6.61 Å². The summed E-state index contributed by atoms with van der Waals surface area (Å²) in [6.07, 6.45) is 3.05. The van der Waals surface area contributed by atoms with Crippen molar-refractivity contribution in [2.24, 2.45) is 0 Å². The van der Waals surface area contributed by atoms with Crippen LogP contribution in [0.1, 0.15) is 17.4 Å². The van der Waals surface area contributed by atoms with E-state index in [0.717, 1.165) is 0 Å². The molecule has 0 bridgehead atoms. The second-order valence-corrected chi connectivity index (χ2v) is 4.00. The number of halogens is 2. The van der Waals surface area contributed by atoms with Crippen LogP contribution in [0, 0.1) is 5.82 Å². The van der Waals surface area contributed by atoms with Crippen molar-refractivity contribution < 1.29 is 13.9 Å². The molecular weight excluding hydrogens is 279 g/mol. The van der Waals surface area contributed by atoms with E-state index in [1.165, 1.54) is 16.7 Å². The minimum Gasteiger partial charge on any atom is -0.461 e. The van der Waals surface area contributed by atoms with E-state index < -0.39 is 11.8 Å². The first-order valence-electron chi connectivity index (χ1n) is 4.62. The molecule has 0 aliphatic carbocycles. The molecule has 0 spiro atoms. The molecule has 0 fully saturated rings. The summed E-state index contributed by atoms with van der Waals surface area (Å²) >= 11 is 3.16. The lowest BCUT2D eigenvalue weighted by molar-refractivity contribution is 0.0520. The van der Waals surface area contributed by atoms with E-state index in [-0.39, 0.29) is 17.9 Å². The van der Waals surface area contributed by atoms with Gasteiger partial charge in [0.2, 0.25) is 0 Å². The summed E-state index contributed by atoms with van der Waals surface area (Å²) in [4.78, 5) is 15.2. The molecule has 2 heterocycles. The zero-order valence-electron chi connectivity index (χ0n) is 8.41. The van der Waals surface area contributed by atoms with Gasteiger partial charge in [0.25, 0.3) is 0 Å². The number of aromatic nitrogens is 2. The maximum Gasteiger partial charge on any atom is 0.358 e. The van der Waals surface area contributed by atoms with Crippen molar-refractivity contribution in [1.82, 2.24) is 9.38 Å². The minimum absolute atomic E-state index is 0.0962. The van der Waals surface area contributed by atoms with Gasteiger partial charge in [-0.3, -0.25) is 0 Å². The first-order chi connectivity index (χ1) is 7.61. The molecule has 0 N–H and O–H groups in total. The van der Waals surface area contributed by atoms with E-state index in [9.17, 15) is 9.18 Å². The van der Waals surface area contributed by atoms with Crippen LogP contribution in [0.25, 0.3) is 5.65 Å². The first kappa shape index (κ1) is 11.1. The van der Waals surface area contributed by atoms with Gasteiger partial charge in [0.1, 0.15) is 0 Å². The van der Waals surface area contributed by atoms with Crippen LogP contribution in [0.15, 0.2) is 22.9 Å². The Labute approximate surface area is 99.2 Å². The van der Waals surface area contributed by atoms with Gasteiger partial charge in [-0.25, -0.2) is 14.2 Å². The highest BCUT2D eigenvalue weighted by atomic mass is 79.9.